The molecule has 0 aliphatic carbocycles. The number of nitrogens with zero attached hydrogens (tertiary/aromatic N) is 1. The molecular weight excluding hydrogens is 266 g/mol. The van der Waals surface area contributed by atoms with Crippen LogP contribution in [0.4, 0.5) is 10.5 Å². The Balaban J connectivity index is 2.08. The van der Waals surface area contributed by atoms with Crippen molar-refractivity contribution in [1.82, 2.24) is 5.32 Å². The van der Waals surface area contributed by atoms with Crippen molar-refractivity contribution in [1.29, 1.82) is 5.26 Å². The number of amides is 3. The fraction of sp³-hybridized carbons (Fsp3) is 0.0625. The maximum atomic E-state index is 11.8. The monoisotopic (exact) mass is 279 g/mol. The van der Waals surface area contributed by atoms with Crippen LogP contribution in [-0.4, -0.2) is 11.9 Å². The topological polar surface area (TPSA) is 82.0 Å². The summed E-state index contributed by atoms with van der Waals surface area (Å²) in [5.41, 5.74) is 1.89. The van der Waals surface area contributed by atoms with Gasteiger partial charge in [0.25, 0.3) is 5.91 Å². The molecule has 0 fully saturated rings. The first kappa shape index (κ1) is 14.3. The first-order valence-corrected chi connectivity index (χ1v) is 6.29. The van der Waals surface area contributed by atoms with Crippen LogP contribution in [0.15, 0.2) is 48.5 Å². The van der Waals surface area contributed by atoms with E-state index in [4.69, 9.17) is 5.26 Å². The number of nitriles is 1. The Morgan fingerprint density at radius 3 is 2.43 bits per heavy atom. The summed E-state index contributed by atoms with van der Waals surface area (Å²) < 4.78 is 0. The van der Waals surface area contributed by atoms with Gasteiger partial charge in [0.15, 0.2) is 0 Å². The first-order chi connectivity index (χ1) is 10.1. The lowest BCUT2D eigenvalue weighted by Crippen LogP contribution is -2.34. The highest BCUT2D eigenvalue weighted by Gasteiger charge is 2.12. The summed E-state index contributed by atoms with van der Waals surface area (Å²) in [5.74, 6) is -0.501. The minimum absolute atomic E-state index is 0.371. The van der Waals surface area contributed by atoms with Gasteiger partial charge in [0, 0.05) is 5.56 Å². The van der Waals surface area contributed by atoms with Gasteiger partial charge in [-0.1, -0.05) is 30.3 Å². The Kier molecular flexibility index (Phi) is 4.32. The Hall–Kier alpha value is -3.13. The first-order valence-electron chi connectivity index (χ1n) is 6.29. The zero-order valence-corrected chi connectivity index (χ0v) is 11.4. The Labute approximate surface area is 122 Å². The molecule has 104 valence electrons. The second-order valence-corrected chi connectivity index (χ2v) is 4.38. The molecule has 0 heterocycles. The third-order valence-corrected chi connectivity index (χ3v) is 2.90. The van der Waals surface area contributed by atoms with Crippen LogP contribution in [0.3, 0.4) is 0 Å². The second-order valence-electron chi connectivity index (χ2n) is 4.38. The quantitative estimate of drug-likeness (QED) is 0.886. The van der Waals surface area contributed by atoms with E-state index in [1.807, 2.05) is 6.07 Å². The lowest BCUT2D eigenvalue weighted by molar-refractivity contribution is 0.0967. The van der Waals surface area contributed by atoms with Gasteiger partial charge in [0.2, 0.25) is 0 Å². The van der Waals surface area contributed by atoms with E-state index < -0.39 is 11.9 Å². The number of anilines is 1. The zero-order chi connectivity index (χ0) is 15.2. The van der Waals surface area contributed by atoms with Crippen molar-refractivity contribution in [2.24, 2.45) is 0 Å². The number of hydrogen-bond donors (Lipinski definition) is 2. The van der Waals surface area contributed by atoms with Gasteiger partial charge in [0.1, 0.15) is 6.07 Å². The minimum atomic E-state index is -0.675. The van der Waals surface area contributed by atoms with Gasteiger partial charge in [0.05, 0.1) is 11.3 Å². The molecule has 2 aromatic carbocycles. The molecule has 0 spiro atoms. The normalized spacial score (nSPS) is 9.52. The summed E-state index contributed by atoms with van der Waals surface area (Å²) in [6.07, 6.45) is 0. The molecule has 0 saturated heterocycles. The van der Waals surface area contributed by atoms with Crippen molar-refractivity contribution < 1.29 is 9.59 Å². The smallest absolute Gasteiger partial charge is 0.306 e. The highest BCUT2D eigenvalue weighted by atomic mass is 16.2. The van der Waals surface area contributed by atoms with Crippen LogP contribution in [0.1, 0.15) is 21.5 Å². The molecule has 0 atom stereocenters. The second kappa shape index (κ2) is 6.35. The summed E-state index contributed by atoms with van der Waals surface area (Å²) in [7, 11) is 0. The van der Waals surface area contributed by atoms with E-state index in [-0.39, 0.29) is 0 Å². The van der Waals surface area contributed by atoms with Crippen LogP contribution in [0.25, 0.3) is 0 Å². The van der Waals surface area contributed by atoms with Crippen LogP contribution < -0.4 is 10.6 Å². The lowest BCUT2D eigenvalue weighted by atomic mass is 10.1. The van der Waals surface area contributed by atoms with Crippen molar-refractivity contribution in [2.45, 2.75) is 6.92 Å². The minimum Gasteiger partial charge on any atom is -0.306 e. The van der Waals surface area contributed by atoms with Crippen molar-refractivity contribution >= 4 is 17.6 Å². The largest absolute Gasteiger partial charge is 0.326 e. The van der Waals surface area contributed by atoms with Gasteiger partial charge in [-0.05, 0) is 30.7 Å². The number of carbonyl (C=O) groups is 2. The van der Waals surface area contributed by atoms with Gasteiger partial charge in [-0.3, -0.25) is 10.1 Å². The molecule has 0 radical (unpaired) electrons. The highest BCUT2D eigenvalue weighted by Crippen LogP contribution is 2.18. The van der Waals surface area contributed by atoms with Gasteiger partial charge in [-0.15, -0.1) is 0 Å². The molecule has 0 bridgehead atoms. The third-order valence-electron chi connectivity index (χ3n) is 2.90. The van der Waals surface area contributed by atoms with E-state index in [2.05, 4.69) is 10.6 Å². The van der Waals surface area contributed by atoms with E-state index in [0.717, 1.165) is 5.56 Å². The summed E-state index contributed by atoms with van der Waals surface area (Å²) >= 11 is 0. The summed E-state index contributed by atoms with van der Waals surface area (Å²) in [5, 5.41) is 13.8. The summed E-state index contributed by atoms with van der Waals surface area (Å²) in [4.78, 5) is 23.7. The number of urea groups is 1. The van der Waals surface area contributed by atoms with E-state index in [1.165, 1.54) is 0 Å². The molecule has 0 saturated carbocycles. The molecule has 3 amide bonds. The number of benzene rings is 2. The summed E-state index contributed by atoms with van der Waals surface area (Å²) in [6.45, 7) is 1.77. The predicted octanol–water partition coefficient (Wildman–Crippen LogP) is 2.83. The Morgan fingerprint density at radius 2 is 1.76 bits per heavy atom. The molecular formula is C16H13N3O2. The number of nitrogens with one attached hydrogen (secondary N) is 2. The van der Waals surface area contributed by atoms with Crippen LogP contribution in [0.5, 0.6) is 0 Å². The molecule has 0 aromatic heterocycles. The fourth-order valence-corrected chi connectivity index (χ4v) is 1.84. The Morgan fingerprint density at radius 1 is 1.05 bits per heavy atom. The average Bonchev–Trinajstić information content (AvgIpc) is 2.48. The van der Waals surface area contributed by atoms with E-state index in [0.29, 0.717) is 16.8 Å². The standard InChI is InChI=1S/C16H13N3O2/c1-11-6-5-9-14(13(11)10-17)18-16(21)19-15(20)12-7-3-2-4-8-12/h2-9H,1H3,(H2,18,19,20,21). The maximum Gasteiger partial charge on any atom is 0.326 e. The molecule has 5 nitrogen and oxygen atoms in total. The number of rotatable bonds is 2. The van der Waals surface area contributed by atoms with E-state index in [1.54, 1.807) is 55.5 Å². The lowest BCUT2D eigenvalue weighted by Gasteiger charge is -2.09. The molecule has 21 heavy (non-hydrogen) atoms. The summed E-state index contributed by atoms with van der Waals surface area (Å²) in [6, 6.07) is 14.9. The molecule has 0 unspecified atom stereocenters. The van der Waals surface area contributed by atoms with Crippen molar-refractivity contribution in [3.05, 3.63) is 65.2 Å². The van der Waals surface area contributed by atoms with Gasteiger partial charge < -0.3 is 5.32 Å². The molecule has 0 aliphatic heterocycles. The third kappa shape index (κ3) is 3.45. The van der Waals surface area contributed by atoms with Crippen LogP contribution in [0, 0.1) is 18.3 Å². The fourth-order valence-electron chi connectivity index (χ4n) is 1.84. The maximum absolute atomic E-state index is 11.8. The van der Waals surface area contributed by atoms with Crippen molar-refractivity contribution in [3.63, 3.8) is 0 Å². The highest BCUT2D eigenvalue weighted by molar-refractivity contribution is 6.08. The van der Waals surface area contributed by atoms with Gasteiger partial charge in [-0.25, -0.2) is 4.79 Å². The number of imide groups is 1. The van der Waals surface area contributed by atoms with Crippen molar-refractivity contribution in [3.8, 4) is 6.07 Å². The molecule has 2 rings (SSSR count). The van der Waals surface area contributed by atoms with Crippen LogP contribution >= 0.6 is 0 Å². The van der Waals surface area contributed by atoms with E-state index in [9.17, 15) is 9.59 Å². The van der Waals surface area contributed by atoms with Crippen molar-refractivity contribution in [2.75, 3.05) is 5.32 Å². The van der Waals surface area contributed by atoms with Crippen LogP contribution in [0.2, 0.25) is 0 Å². The number of hydrogen-bond acceptors (Lipinski definition) is 3. The average molecular weight is 279 g/mol. The predicted molar refractivity (Wildman–Crippen MR) is 78.8 cm³/mol. The van der Waals surface area contributed by atoms with Crippen LogP contribution in [-0.2, 0) is 0 Å². The van der Waals surface area contributed by atoms with Gasteiger partial charge >= 0.3 is 6.03 Å². The molecule has 2 aromatic rings. The molecule has 2 N–H and O–H groups in total. The number of carbonyl (C=O) groups excluding carboxylic acids is 2. The van der Waals surface area contributed by atoms with E-state index >= 15 is 0 Å². The SMILES string of the molecule is Cc1cccc(NC(=O)NC(=O)c2ccccc2)c1C#N. The van der Waals surface area contributed by atoms with Gasteiger partial charge in [-0.2, -0.15) is 5.26 Å². The Bertz CT molecular complexity index is 718. The number of aryl methyl sites for hydroxylation is 1. The molecule has 0 aliphatic rings. The molecule has 5 heteroatoms. The zero-order valence-electron chi connectivity index (χ0n) is 11.4.